The number of carboxylic acid groups (broad SMARTS) is 1. The van der Waals surface area contributed by atoms with Gasteiger partial charge in [0.2, 0.25) is 0 Å². The Morgan fingerprint density at radius 2 is 1.37 bits per heavy atom. The summed E-state index contributed by atoms with van der Waals surface area (Å²) in [5.74, 6) is -0.981. The lowest BCUT2D eigenvalue weighted by atomic mass is 10.1. The first-order chi connectivity index (χ1) is 9.04. The van der Waals surface area contributed by atoms with Crippen LogP contribution in [0.5, 0.6) is 0 Å². The molecule has 0 amide bonds. The highest BCUT2D eigenvalue weighted by atomic mass is 16.5. The molecule has 0 aliphatic heterocycles. The van der Waals surface area contributed by atoms with E-state index in [0.29, 0.717) is 6.42 Å². The lowest BCUT2D eigenvalue weighted by Crippen LogP contribution is -2.02. The van der Waals surface area contributed by atoms with Gasteiger partial charge in [0.25, 0.3) is 0 Å². The van der Waals surface area contributed by atoms with Crippen molar-refractivity contribution in [3.8, 4) is 0 Å². The summed E-state index contributed by atoms with van der Waals surface area (Å²) < 4.78 is 0. The Morgan fingerprint density at radius 1 is 1.00 bits per heavy atom. The Balaban J connectivity index is 0. The number of carbonyl (C=O) groups is 1. The van der Waals surface area contributed by atoms with Crippen molar-refractivity contribution in [1.82, 2.24) is 0 Å². The molecule has 0 saturated carbocycles. The van der Waals surface area contributed by atoms with Crippen molar-refractivity contribution in [3.05, 3.63) is 12.7 Å². The van der Waals surface area contributed by atoms with Gasteiger partial charge in [-0.15, -0.1) is 0 Å². The molecule has 114 valence electrons. The van der Waals surface area contributed by atoms with E-state index in [1.165, 1.54) is 44.9 Å². The van der Waals surface area contributed by atoms with Crippen molar-refractivity contribution >= 4 is 5.97 Å². The molecule has 0 spiro atoms. The van der Waals surface area contributed by atoms with Crippen molar-refractivity contribution in [2.24, 2.45) is 0 Å². The fourth-order valence-corrected chi connectivity index (χ4v) is 1.64. The minimum Gasteiger partial charge on any atom is -0.478 e. The van der Waals surface area contributed by atoms with Crippen LogP contribution in [0.2, 0.25) is 0 Å². The minimum absolute atomic E-state index is 0.538. The number of aliphatic hydroxyl groups excluding tert-OH is 1. The Labute approximate surface area is 117 Å². The van der Waals surface area contributed by atoms with E-state index < -0.39 is 12.3 Å². The maximum Gasteiger partial charge on any atom is 0.327 e. The van der Waals surface area contributed by atoms with Gasteiger partial charge in [0, 0.05) is 6.08 Å². The Morgan fingerprint density at radius 3 is 1.68 bits per heavy atom. The van der Waals surface area contributed by atoms with E-state index in [9.17, 15) is 4.79 Å². The molecule has 3 N–H and O–H groups in total. The number of hydrogen-bond acceptors (Lipinski definition) is 3. The molecule has 0 atom stereocenters. The molecule has 0 aromatic rings. The standard InChI is InChI=1S/C12H26O2.C3H4O2/c1-2-3-4-5-6-7-8-9-10-11-12(13)14;1-2-3(4)5/h12-14H,2-11H2,1H3;2H,1H2,(H,4,5). The molecule has 0 aromatic heterocycles. The topological polar surface area (TPSA) is 77.8 Å². The van der Waals surface area contributed by atoms with Gasteiger partial charge >= 0.3 is 5.97 Å². The number of aliphatic hydroxyl groups is 2. The molecule has 0 radical (unpaired) electrons. The average Bonchev–Trinajstić information content (AvgIpc) is 2.37. The molecule has 0 aliphatic rings. The second kappa shape index (κ2) is 17.1. The first kappa shape index (κ1) is 20.4. The highest BCUT2D eigenvalue weighted by molar-refractivity contribution is 5.78. The third-order valence-electron chi connectivity index (χ3n) is 2.74. The molecule has 4 heteroatoms. The van der Waals surface area contributed by atoms with Gasteiger partial charge in [-0.1, -0.05) is 64.9 Å². The summed E-state index contributed by atoms with van der Waals surface area (Å²) in [7, 11) is 0. The van der Waals surface area contributed by atoms with Gasteiger partial charge in [-0.2, -0.15) is 0 Å². The van der Waals surface area contributed by atoms with E-state index in [-0.39, 0.29) is 0 Å². The van der Waals surface area contributed by atoms with Gasteiger partial charge < -0.3 is 15.3 Å². The van der Waals surface area contributed by atoms with E-state index in [1.807, 2.05) is 0 Å². The zero-order valence-electron chi connectivity index (χ0n) is 12.2. The number of rotatable bonds is 11. The maximum absolute atomic E-state index is 9.25. The monoisotopic (exact) mass is 274 g/mol. The van der Waals surface area contributed by atoms with Crippen molar-refractivity contribution in [2.75, 3.05) is 0 Å². The van der Waals surface area contributed by atoms with Gasteiger partial charge in [0.1, 0.15) is 0 Å². The van der Waals surface area contributed by atoms with Crippen LogP contribution in [-0.2, 0) is 4.79 Å². The summed E-state index contributed by atoms with van der Waals surface area (Å²) in [4.78, 5) is 9.25. The van der Waals surface area contributed by atoms with Gasteiger partial charge in [-0.25, -0.2) is 4.79 Å². The smallest absolute Gasteiger partial charge is 0.327 e. The van der Waals surface area contributed by atoms with Crippen LogP contribution in [0.25, 0.3) is 0 Å². The van der Waals surface area contributed by atoms with E-state index >= 15 is 0 Å². The second-order valence-electron chi connectivity index (χ2n) is 4.64. The Hall–Kier alpha value is -0.870. The van der Waals surface area contributed by atoms with Crippen LogP contribution in [0.3, 0.4) is 0 Å². The van der Waals surface area contributed by atoms with Gasteiger partial charge in [0.05, 0.1) is 0 Å². The molecule has 0 aliphatic carbocycles. The summed E-state index contributed by atoms with van der Waals surface area (Å²) in [6.45, 7) is 5.20. The molecule has 19 heavy (non-hydrogen) atoms. The molecule has 0 unspecified atom stereocenters. The third-order valence-corrected chi connectivity index (χ3v) is 2.74. The first-order valence-corrected chi connectivity index (χ1v) is 7.26. The average molecular weight is 274 g/mol. The predicted molar refractivity (Wildman–Crippen MR) is 77.9 cm³/mol. The van der Waals surface area contributed by atoms with Crippen LogP contribution < -0.4 is 0 Å². The van der Waals surface area contributed by atoms with Crippen LogP contribution >= 0.6 is 0 Å². The number of unbranched alkanes of at least 4 members (excludes halogenated alkanes) is 8. The zero-order valence-corrected chi connectivity index (χ0v) is 12.2. The molecule has 0 fully saturated rings. The summed E-state index contributed by atoms with van der Waals surface area (Å²) in [5.41, 5.74) is 0. The molecule has 4 nitrogen and oxygen atoms in total. The fourth-order valence-electron chi connectivity index (χ4n) is 1.64. The highest BCUT2D eigenvalue weighted by Gasteiger charge is 1.96. The van der Waals surface area contributed by atoms with Crippen LogP contribution in [0.15, 0.2) is 12.7 Å². The van der Waals surface area contributed by atoms with Crippen LogP contribution in [-0.4, -0.2) is 27.6 Å². The van der Waals surface area contributed by atoms with Crippen LogP contribution in [0.4, 0.5) is 0 Å². The van der Waals surface area contributed by atoms with Gasteiger partial charge in [0.15, 0.2) is 6.29 Å². The molecule has 0 aromatic carbocycles. The molecule has 0 heterocycles. The molecular formula is C15H30O4. The zero-order chi connectivity index (χ0) is 14.9. The number of hydrogen-bond donors (Lipinski definition) is 3. The van der Waals surface area contributed by atoms with Crippen molar-refractivity contribution in [3.63, 3.8) is 0 Å². The maximum atomic E-state index is 9.25. The molecule has 0 saturated heterocycles. The Kier molecular flexibility index (Phi) is 18.4. The predicted octanol–water partition coefficient (Wildman–Crippen LogP) is 3.48. The van der Waals surface area contributed by atoms with Gasteiger partial charge in [-0.05, 0) is 12.8 Å². The lowest BCUT2D eigenvalue weighted by Gasteiger charge is -2.03. The minimum atomic E-state index is -1.10. The van der Waals surface area contributed by atoms with E-state index in [2.05, 4.69) is 13.5 Å². The number of carboxylic acids is 1. The SMILES string of the molecule is C=CC(=O)O.CCCCCCCCCCCC(O)O. The largest absolute Gasteiger partial charge is 0.478 e. The fraction of sp³-hybridized carbons (Fsp3) is 0.800. The highest BCUT2D eigenvalue weighted by Crippen LogP contribution is 2.10. The first-order valence-electron chi connectivity index (χ1n) is 7.26. The summed E-state index contributed by atoms with van der Waals surface area (Å²) >= 11 is 0. The third kappa shape index (κ3) is 26.7. The summed E-state index contributed by atoms with van der Waals surface area (Å²) in [6.07, 6.45) is 11.7. The van der Waals surface area contributed by atoms with Crippen LogP contribution in [0.1, 0.15) is 71.1 Å². The van der Waals surface area contributed by atoms with Crippen molar-refractivity contribution < 1.29 is 20.1 Å². The van der Waals surface area contributed by atoms with Crippen molar-refractivity contribution in [2.45, 2.75) is 77.4 Å². The van der Waals surface area contributed by atoms with Crippen molar-refractivity contribution in [1.29, 1.82) is 0 Å². The van der Waals surface area contributed by atoms with Crippen LogP contribution in [0, 0.1) is 0 Å². The Bertz CT molecular complexity index is 202. The van der Waals surface area contributed by atoms with E-state index in [1.54, 1.807) is 0 Å². The number of aliphatic carboxylic acids is 1. The molecule has 0 bridgehead atoms. The van der Waals surface area contributed by atoms with E-state index in [4.69, 9.17) is 15.3 Å². The summed E-state index contributed by atoms with van der Waals surface area (Å²) in [5, 5.41) is 24.8. The van der Waals surface area contributed by atoms with Gasteiger partial charge in [-0.3, -0.25) is 0 Å². The lowest BCUT2D eigenvalue weighted by molar-refractivity contribution is -0.131. The quantitative estimate of drug-likeness (QED) is 0.306. The van der Waals surface area contributed by atoms with E-state index in [0.717, 1.165) is 18.9 Å². The molecule has 0 rings (SSSR count). The molecular weight excluding hydrogens is 244 g/mol. The second-order valence-corrected chi connectivity index (χ2v) is 4.64. The summed E-state index contributed by atoms with van der Waals surface area (Å²) in [6, 6.07) is 0. The normalized spacial score (nSPS) is 9.89.